The van der Waals surface area contributed by atoms with E-state index in [1.165, 1.54) is 24.3 Å². The number of carbonyl (C=O) groups is 2. The van der Waals surface area contributed by atoms with Crippen LogP contribution in [0.25, 0.3) is 0 Å². The van der Waals surface area contributed by atoms with Gasteiger partial charge < -0.3 is 15.2 Å². The summed E-state index contributed by atoms with van der Waals surface area (Å²) in [5, 5.41) is 12.8. The van der Waals surface area contributed by atoms with Crippen LogP contribution in [0.15, 0.2) is 24.3 Å². The van der Waals surface area contributed by atoms with Crippen molar-refractivity contribution in [2.75, 3.05) is 13.2 Å². The highest BCUT2D eigenvalue weighted by Crippen LogP contribution is 2.35. The monoisotopic (exact) mass is 322 g/mol. The van der Waals surface area contributed by atoms with Crippen LogP contribution < -0.4 is 10.1 Å². The standard InChI is InChI=1S/C16H19FN2O4/c17-11-3-5-13(6-4-11)23-10-12(20)9-19-14(21)16(18-15(19)22)7-1-2-8-16/h3-6,12,20H,1-2,7-10H2,(H,18,22)/t12-/m1/s1. The highest BCUT2D eigenvalue weighted by molar-refractivity contribution is 6.07. The van der Waals surface area contributed by atoms with Crippen molar-refractivity contribution in [1.29, 1.82) is 0 Å². The molecule has 1 aliphatic heterocycles. The molecule has 0 aromatic heterocycles. The molecule has 1 atom stereocenters. The molecule has 1 aromatic carbocycles. The summed E-state index contributed by atoms with van der Waals surface area (Å²) in [5.74, 6) is -0.227. The Bertz CT molecular complexity index is 599. The third-order valence-electron chi connectivity index (χ3n) is 4.35. The van der Waals surface area contributed by atoms with Crippen molar-refractivity contribution in [2.24, 2.45) is 0 Å². The van der Waals surface area contributed by atoms with Crippen molar-refractivity contribution < 1.29 is 23.8 Å². The molecule has 2 fully saturated rings. The Morgan fingerprint density at radius 2 is 1.91 bits per heavy atom. The Labute approximate surface area is 133 Å². The number of benzene rings is 1. The number of imide groups is 1. The van der Waals surface area contributed by atoms with Gasteiger partial charge in [0.05, 0.1) is 6.54 Å². The van der Waals surface area contributed by atoms with Crippen molar-refractivity contribution in [1.82, 2.24) is 10.2 Å². The third kappa shape index (κ3) is 3.14. The molecule has 1 heterocycles. The summed E-state index contributed by atoms with van der Waals surface area (Å²) in [4.78, 5) is 25.5. The number of aliphatic hydroxyl groups excluding tert-OH is 1. The first-order valence-electron chi connectivity index (χ1n) is 7.71. The van der Waals surface area contributed by atoms with Crippen LogP contribution in [0.1, 0.15) is 25.7 Å². The first kappa shape index (κ1) is 15.7. The maximum atomic E-state index is 12.8. The molecule has 3 rings (SSSR count). The fourth-order valence-electron chi connectivity index (χ4n) is 3.15. The van der Waals surface area contributed by atoms with E-state index in [1.54, 1.807) is 0 Å². The summed E-state index contributed by atoms with van der Waals surface area (Å²) in [5.41, 5.74) is -0.769. The molecule has 2 aliphatic rings. The molecular formula is C16H19FN2O4. The summed E-state index contributed by atoms with van der Waals surface area (Å²) < 4.78 is 18.1. The van der Waals surface area contributed by atoms with Gasteiger partial charge in [0.25, 0.3) is 5.91 Å². The number of rotatable bonds is 5. The molecule has 6 nitrogen and oxygen atoms in total. The van der Waals surface area contributed by atoms with Crippen LogP contribution in [0, 0.1) is 5.82 Å². The van der Waals surface area contributed by atoms with Gasteiger partial charge in [0.1, 0.15) is 29.8 Å². The number of aliphatic hydroxyl groups is 1. The molecule has 0 bridgehead atoms. The Morgan fingerprint density at radius 1 is 1.26 bits per heavy atom. The van der Waals surface area contributed by atoms with E-state index in [0.29, 0.717) is 18.6 Å². The molecule has 7 heteroatoms. The van der Waals surface area contributed by atoms with E-state index in [0.717, 1.165) is 17.7 Å². The number of urea groups is 1. The summed E-state index contributed by atoms with van der Waals surface area (Å²) in [6, 6.07) is 4.94. The van der Waals surface area contributed by atoms with E-state index >= 15 is 0 Å². The molecule has 0 unspecified atom stereocenters. The zero-order valence-electron chi connectivity index (χ0n) is 12.6. The van der Waals surface area contributed by atoms with E-state index in [2.05, 4.69) is 5.32 Å². The van der Waals surface area contributed by atoms with Crippen LogP contribution in [-0.4, -0.2) is 46.7 Å². The summed E-state index contributed by atoms with van der Waals surface area (Å²) in [6.45, 7) is -0.205. The Hall–Kier alpha value is -2.15. The fourth-order valence-corrected chi connectivity index (χ4v) is 3.15. The van der Waals surface area contributed by atoms with Crippen LogP contribution in [0.3, 0.4) is 0 Å². The topological polar surface area (TPSA) is 78.9 Å². The van der Waals surface area contributed by atoms with Crippen LogP contribution in [-0.2, 0) is 4.79 Å². The van der Waals surface area contributed by atoms with Gasteiger partial charge in [-0.3, -0.25) is 9.69 Å². The van der Waals surface area contributed by atoms with Crippen LogP contribution in [0.5, 0.6) is 5.75 Å². The molecule has 1 saturated carbocycles. The first-order chi connectivity index (χ1) is 11.0. The zero-order chi connectivity index (χ0) is 16.4. The number of nitrogens with zero attached hydrogens (tertiary/aromatic N) is 1. The second-order valence-corrected chi connectivity index (χ2v) is 6.05. The number of ether oxygens (including phenoxy) is 1. The molecule has 2 N–H and O–H groups in total. The minimum absolute atomic E-state index is 0.0876. The lowest BCUT2D eigenvalue weighted by atomic mass is 9.98. The van der Waals surface area contributed by atoms with Crippen LogP contribution in [0.2, 0.25) is 0 Å². The minimum atomic E-state index is -1.01. The smallest absolute Gasteiger partial charge is 0.325 e. The third-order valence-corrected chi connectivity index (χ3v) is 4.35. The molecule has 23 heavy (non-hydrogen) atoms. The number of nitrogens with one attached hydrogen (secondary N) is 1. The summed E-state index contributed by atoms with van der Waals surface area (Å²) in [7, 11) is 0. The normalized spacial score (nSPS) is 20.9. The number of amides is 3. The fraction of sp³-hybridized carbons (Fsp3) is 0.500. The van der Waals surface area contributed by atoms with Gasteiger partial charge in [-0.1, -0.05) is 12.8 Å². The van der Waals surface area contributed by atoms with Gasteiger partial charge in [-0.2, -0.15) is 0 Å². The molecule has 0 radical (unpaired) electrons. The van der Waals surface area contributed by atoms with Crippen LogP contribution in [0.4, 0.5) is 9.18 Å². The number of hydrogen-bond donors (Lipinski definition) is 2. The highest BCUT2D eigenvalue weighted by atomic mass is 19.1. The average Bonchev–Trinajstić information content (AvgIpc) is 3.08. The van der Waals surface area contributed by atoms with E-state index in [4.69, 9.17) is 4.74 Å². The number of β-amino-alcohol motifs (C(OH)–C–C–N with tert-alkyl or cyclic N) is 1. The van der Waals surface area contributed by atoms with Crippen LogP contribution >= 0.6 is 0 Å². The van der Waals surface area contributed by atoms with Crippen molar-refractivity contribution in [2.45, 2.75) is 37.3 Å². The van der Waals surface area contributed by atoms with E-state index in [1.807, 2.05) is 0 Å². The van der Waals surface area contributed by atoms with Crippen molar-refractivity contribution in [3.8, 4) is 5.75 Å². The van der Waals surface area contributed by atoms with Gasteiger partial charge in [0.2, 0.25) is 0 Å². The largest absolute Gasteiger partial charge is 0.491 e. The van der Waals surface area contributed by atoms with E-state index in [-0.39, 0.29) is 24.9 Å². The Kier molecular flexibility index (Phi) is 4.21. The van der Waals surface area contributed by atoms with Gasteiger partial charge in [-0.05, 0) is 37.1 Å². The predicted molar refractivity (Wildman–Crippen MR) is 79.3 cm³/mol. The molecule has 1 aliphatic carbocycles. The molecule has 1 spiro atoms. The van der Waals surface area contributed by atoms with Gasteiger partial charge in [-0.25, -0.2) is 9.18 Å². The number of hydrogen-bond acceptors (Lipinski definition) is 4. The molecule has 1 saturated heterocycles. The average molecular weight is 322 g/mol. The highest BCUT2D eigenvalue weighted by Gasteiger charge is 2.52. The maximum absolute atomic E-state index is 12.8. The van der Waals surface area contributed by atoms with Gasteiger partial charge in [0, 0.05) is 0 Å². The lowest BCUT2D eigenvalue weighted by Gasteiger charge is -2.21. The predicted octanol–water partition coefficient (Wildman–Crippen LogP) is 1.43. The summed E-state index contributed by atoms with van der Waals surface area (Å²) in [6.07, 6.45) is 2.12. The number of carbonyl (C=O) groups excluding carboxylic acids is 2. The Balaban J connectivity index is 1.55. The minimum Gasteiger partial charge on any atom is -0.491 e. The van der Waals surface area contributed by atoms with Gasteiger partial charge >= 0.3 is 6.03 Å². The second kappa shape index (κ2) is 6.16. The molecular weight excluding hydrogens is 303 g/mol. The first-order valence-corrected chi connectivity index (χ1v) is 7.71. The van der Waals surface area contributed by atoms with Gasteiger partial charge in [0.15, 0.2) is 0 Å². The lowest BCUT2D eigenvalue weighted by Crippen LogP contribution is -2.45. The molecule has 1 aromatic rings. The van der Waals surface area contributed by atoms with Crippen molar-refractivity contribution in [3.63, 3.8) is 0 Å². The van der Waals surface area contributed by atoms with E-state index < -0.39 is 17.7 Å². The Morgan fingerprint density at radius 3 is 2.57 bits per heavy atom. The molecule has 3 amide bonds. The number of halogens is 1. The lowest BCUT2D eigenvalue weighted by molar-refractivity contribution is -0.132. The quantitative estimate of drug-likeness (QED) is 0.804. The van der Waals surface area contributed by atoms with E-state index in [9.17, 15) is 19.1 Å². The van der Waals surface area contributed by atoms with Crippen molar-refractivity contribution in [3.05, 3.63) is 30.1 Å². The summed E-state index contributed by atoms with van der Waals surface area (Å²) >= 11 is 0. The second-order valence-electron chi connectivity index (χ2n) is 6.05. The zero-order valence-corrected chi connectivity index (χ0v) is 12.6. The van der Waals surface area contributed by atoms with Crippen molar-refractivity contribution >= 4 is 11.9 Å². The van der Waals surface area contributed by atoms with Gasteiger partial charge in [-0.15, -0.1) is 0 Å². The molecule has 124 valence electrons. The SMILES string of the molecule is O=C1NC2(CCCC2)C(=O)N1C[C@@H](O)COc1ccc(F)cc1. The maximum Gasteiger partial charge on any atom is 0.325 e.